The Morgan fingerprint density at radius 3 is 2.67 bits per heavy atom. The summed E-state index contributed by atoms with van der Waals surface area (Å²) in [5.41, 5.74) is 3.72. The zero-order valence-corrected chi connectivity index (χ0v) is 20.7. The van der Waals surface area contributed by atoms with Crippen molar-refractivity contribution in [2.45, 2.75) is 51.1 Å². The lowest BCUT2D eigenvalue weighted by Crippen LogP contribution is -2.38. The van der Waals surface area contributed by atoms with Crippen LogP contribution in [0.3, 0.4) is 0 Å². The van der Waals surface area contributed by atoms with Crippen LogP contribution >= 0.6 is 11.8 Å². The number of aromatic nitrogens is 1. The van der Waals surface area contributed by atoms with E-state index in [-0.39, 0.29) is 11.3 Å². The van der Waals surface area contributed by atoms with E-state index in [9.17, 15) is 4.79 Å². The van der Waals surface area contributed by atoms with Gasteiger partial charge in [0, 0.05) is 24.0 Å². The summed E-state index contributed by atoms with van der Waals surface area (Å²) in [6.07, 6.45) is 3.44. The number of amides is 1. The minimum Gasteiger partial charge on any atom is -0.497 e. The molecule has 1 amide bonds. The number of likely N-dealkylation sites (tertiary alicyclic amines) is 1. The van der Waals surface area contributed by atoms with Gasteiger partial charge in [-0.2, -0.15) is 0 Å². The normalized spacial score (nSPS) is 23.6. The van der Waals surface area contributed by atoms with Gasteiger partial charge in [-0.3, -0.25) is 4.79 Å². The second-order valence-electron chi connectivity index (χ2n) is 10.8. The molecule has 1 aromatic heterocycles. The topological polar surface area (TPSA) is 42.4 Å². The number of methoxy groups -OCH3 is 1. The lowest BCUT2D eigenvalue weighted by Gasteiger charge is -2.39. The zero-order chi connectivity index (χ0) is 23.2. The number of nitrogens with zero attached hydrogens (tertiary/aromatic N) is 2. The molecule has 2 atom stereocenters. The van der Waals surface area contributed by atoms with E-state index in [1.165, 1.54) is 6.42 Å². The fraction of sp³-hybridized carbons (Fsp3) is 0.429. The van der Waals surface area contributed by atoms with Crippen molar-refractivity contribution >= 4 is 28.6 Å². The van der Waals surface area contributed by atoms with E-state index in [1.54, 1.807) is 18.9 Å². The zero-order valence-electron chi connectivity index (χ0n) is 19.9. The summed E-state index contributed by atoms with van der Waals surface area (Å²) in [4.78, 5) is 20.3. The van der Waals surface area contributed by atoms with E-state index < -0.39 is 0 Å². The minimum atomic E-state index is 0.236. The molecule has 2 heterocycles. The predicted octanol–water partition coefficient (Wildman–Crippen LogP) is 6.43. The molecule has 0 N–H and O–H groups in total. The Bertz CT molecular complexity index is 1190. The van der Waals surface area contributed by atoms with E-state index >= 15 is 0 Å². The molecule has 0 spiro atoms. The van der Waals surface area contributed by atoms with Crippen molar-refractivity contribution in [2.75, 3.05) is 19.4 Å². The van der Waals surface area contributed by atoms with E-state index in [0.717, 1.165) is 52.2 Å². The fourth-order valence-electron chi connectivity index (χ4n) is 6.21. The molecule has 4 nitrogen and oxygen atoms in total. The quantitative estimate of drug-likeness (QED) is 0.412. The molecular formula is C28H32N2O2S. The summed E-state index contributed by atoms with van der Waals surface area (Å²) < 4.78 is 5.43. The van der Waals surface area contributed by atoms with Crippen molar-refractivity contribution in [3.63, 3.8) is 0 Å². The van der Waals surface area contributed by atoms with Crippen LogP contribution in [0.2, 0.25) is 0 Å². The molecule has 3 aromatic rings. The molecule has 2 aliphatic rings. The highest BCUT2D eigenvalue weighted by molar-refractivity contribution is 7.99. The Labute approximate surface area is 200 Å². The predicted molar refractivity (Wildman–Crippen MR) is 136 cm³/mol. The van der Waals surface area contributed by atoms with Gasteiger partial charge in [-0.25, -0.2) is 4.98 Å². The number of rotatable bonds is 5. The number of carbonyl (C=O) groups excluding carboxylic acids is 1. The summed E-state index contributed by atoms with van der Waals surface area (Å²) in [5.74, 6) is 1.44. The summed E-state index contributed by atoms with van der Waals surface area (Å²) in [5, 5.41) is 1.96. The number of ether oxygens (including phenoxy) is 1. The Kier molecular flexibility index (Phi) is 5.64. The number of fused-ring (bicyclic) bond motifs is 3. The highest BCUT2D eigenvalue weighted by atomic mass is 32.2. The summed E-state index contributed by atoms with van der Waals surface area (Å²) >= 11 is 1.54. The maximum atomic E-state index is 13.3. The molecular weight excluding hydrogens is 428 g/mol. The first-order chi connectivity index (χ1) is 15.8. The van der Waals surface area contributed by atoms with Gasteiger partial charge in [-0.1, -0.05) is 62.9 Å². The molecule has 1 aliphatic carbocycles. The smallest absolute Gasteiger partial charge is 0.233 e. The fourth-order valence-corrected chi connectivity index (χ4v) is 7.01. The van der Waals surface area contributed by atoms with E-state index in [4.69, 9.17) is 9.72 Å². The van der Waals surface area contributed by atoms with Crippen LogP contribution in [0, 0.1) is 10.8 Å². The van der Waals surface area contributed by atoms with Crippen LogP contribution in [0.1, 0.15) is 40.0 Å². The third-order valence-electron chi connectivity index (χ3n) is 7.16. The molecule has 2 bridgehead atoms. The van der Waals surface area contributed by atoms with Gasteiger partial charge in [0.1, 0.15) is 5.75 Å². The number of thioether (sulfide) groups is 1. The molecule has 0 unspecified atom stereocenters. The average Bonchev–Trinajstić information content (AvgIpc) is 3.05. The molecule has 172 valence electrons. The SMILES string of the molecule is COc1ccc2c(-c3ccccc3)cc(SCC(=O)N3C[C@]4(C)C[C@H]3CC(C)(C)C4)nc2c1. The molecule has 0 radical (unpaired) electrons. The number of carbonyl (C=O) groups is 1. The molecule has 33 heavy (non-hydrogen) atoms. The molecule has 5 rings (SSSR count). The van der Waals surface area contributed by atoms with Gasteiger partial charge in [0.2, 0.25) is 5.91 Å². The summed E-state index contributed by atoms with van der Waals surface area (Å²) in [7, 11) is 1.67. The van der Waals surface area contributed by atoms with Crippen molar-refractivity contribution in [1.82, 2.24) is 9.88 Å². The van der Waals surface area contributed by atoms with Crippen molar-refractivity contribution in [3.8, 4) is 16.9 Å². The van der Waals surface area contributed by atoms with Crippen LogP contribution < -0.4 is 4.74 Å². The lowest BCUT2D eigenvalue weighted by atomic mass is 9.65. The monoisotopic (exact) mass is 460 g/mol. The Hall–Kier alpha value is -2.53. The van der Waals surface area contributed by atoms with Crippen LogP contribution in [0.25, 0.3) is 22.0 Å². The van der Waals surface area contributed by atoms with Gasteiger partial charge in [-0.05, 0) is 59.4 Å². The third-order valence-corrected chi connectivity index (χ3v) is 8.05. The number of hydrogen-bond acceptors (Lipinski definition) is 4. The van der Waals surface area contributed by atoms with Gasteiger partial charge >= 0.3 is 0 Å². The van der Waals surface area contributed by atoms with Crippen molar-refractivity contribution in [3.05, 3.63) is 54.6 Å². The van der Waals surface area contributed by atoms with Crippen LogP contribution in [-0.2, 0) is 4.79 Å². The second kappa shape index (κ2) is 8.35. The van der Waals surface area contributed by atoms with Gasteiger partial charge in [0.25, 0.3) is 0 Å². The van der Waals surface area contributed by atoms with E-state index in [0.29, 0.717) is 17.2 Å². The van der Waals surface area contributed by atoms with Crippen LogP contribution in [-0.4, -0.2) is 41.2 Å². The van der Waals surface area contributed by atoms with Gasteiger partial charge in [0.15, 0.2) is 0 Å². The molecule has 1 saturated heterocycles. The summed E-state index contributed by atoms with van der Waals surface area (Å²) in [6, 6.07) is 18.9. The molecule has 2 aromatic carbocycles. The van der Waals surface area contributed by atoms with Crippen molar-refractivity contribution < 1.29 is 9.53 Å². The first kappa shape index (κ1) is 22.3. The molecule has 5 heteroatoms. The molecule has 1 aliphatic heterocycles. The van der Waals surface area contributed by atoms with Crippen LogP contribution in [0.4, 0.5) is 0 Å². The van der Waals surface area contributed by atoms with Gasteiger partial charge < -0.3 is 9.64 Å². The van der Waals surface area contributed by atoms with Crippen molar-refractivity contribution in [2.24, 2.45) is 10.8 Å². The minimum absolute atomic E-state index is 0.236. The number of pyridine rings is 1. The first-order valence-corrected chi connectivity index (χ1v) is 12.7. The standard InChI is InChI=1S/C28H32N2O2S/c1-27(2)14-20-15-28(3,17-27)18-30(20)26(31)16-33-25-13-23(19-8-6-5-7-9-19)22-11-10-21(32-4)12-24(22)29-25/h5-13,20H,14-18H2,1-4H3/t20-,28-/m1/s1. The molecule has 1 saturated carbocycles. The Morgan fingerprint density at radius 1 is 1.12 bits per heavy atom. The van der Waals surface area contributed by atoms with Gasteiger partial charge in [0.05, 0.1) is 23.4 Å². The van der Waals surface area contributed by atoms with Crippen molar-refractivity contribution in [1.29, 1.82) is 0 Å². The first-order valence-electron chi connectivity index (χ1n) is 11.7. The maximum absolute atomic E-state index is 13.3. The van der Waals surface area contributed by atoms with Crippen LogP contribution in [0.5, 0.6) is 5.75 Å². The van der Waals surface area contributed by atoms with E-state index in [1.807, 2.05) is 18.2 Å². The highest BCUT2D eigenvalue weighted by Crippen LogP contribution is 2.52. The highest BCUT2D eigenvalue weighted by Gasteiger charge is 2.50. The Balaban J connectivity index is 1.41. The number of benzene rings is 2. The summed E-state index contributed by atoms with van der Waals surface area (Å²) in [6.45, 7) is 7.93. The van der Waals surface area contributed by atoms with Crippen LogP contribution in [0.15, 0.2) is 59.6 Å². The maximum Gasteiger partial charge on any atom is 0.233 e. The average molecular weight is 461 g/mol. The third kappa shape index (κ3) is 4.48. The number of hydrogen-bond donors (Lipinski definition) is 0. The van der Waals surface area contributed by atoms with Gasteiger partial charge in [-0.15, -0.1) is 0 Å². The molecule has 2 fully saturated rings. The largest absolute Gasteiger partial charge is 0.497 e. The second-order valence-corrected chi connectivity index (χ2v) is 11.8. The Morgan fingerprint density at radius 2 is 1.91 bits per heavy atom. The lowest BCUT2D eigenvalue weighted by molar-refractivity contribution is -0.129. The van der Waals surface area contributed by atoms with E-state index in [2.05, 4.69) is 62.1 Å².